The number of rotatable bonds is 4. The molecule has 0 saturated carbocycles. The molecule has 0 aliphatic carbocycles. The minimum Gasteiger partial charge on any atom is -0.465 e. The van der Waals surface area contributed by atoms with Gasteiger partial charge in [-0.05, 0) is 61.4 Å². The maximum absolute atomic E-state index is 13.0. The number of para-hydroxylation sites is 1. The average molecular weight is 387 g/mol. The van der Waals surface area contributed by atoms with E-state index in [9.17, 15) is 9.59 Å². The number of pyridine rings is 1. The molecule has 0 saturated heterocycles. The van der Waals surface area contributed by atoms with Crippen LogP contribution in [0.1, 0.15) is 33.2 Å². The van der Waals surface area contributed by atoms with E-state index in [1.807, 2.05) is 23.1 Å². The van der Waals surface area contributed by atoms with Gasteiger partial charge in [-0.15, -0.1) is 0 Å². The van der Waals surface area contributed by atoms with Crippen LogP contribution in [0.25, 0.3) is 0 Å². The summed E-state index contributed by atoms with van der Waals surface area (Å²) in [5, 5.41) is 3.16. The molecule has 6 heteroatoms. The van der Waals surface area contributed by atoms with Crippen LogP contribution in [0.2, 0.25) is 0 Å². The Hall–Kier alpha value is -3.67. The number of aromatic nitrogens is 1. The fourth-order valence-electron chi connectivity index (χ4n) is 3.56. The number of hydrogen-bond donors (Lipinski definition) is 1. The number of fused-ring (bicyclic) bond motifs is 1. The standard InChI is InChI=1S/C23H21N3O3/c1-15-13-17-5-3-4-6-20(17)26(15)22(27)18-9-12-21(24-14-18)25-19-10-7-16(8-11-19)23(28)29-2/h3-12,14-15H,13H2,1-2H3,(H,24,25). The molecule has 1 atom stereocenters. The summed E-state index contributed by atoms with van der Waals surface area (Å²) in [7, 11) is 1.35. The molecule has 1 aliphatic rings. The van der Waals surface area contributed by atoms with Crippen molar-refractivity contribution in [1.82, 2.24) is 4.98 Å². The van der Waals surface area contributed by atoms with Gasteiger partial charge in [0.05, 0.1) is 18.2 Å². The molecule has 2 heterocycles. The van der Waals surface area contributed by atoms with Gasteiger partial charge in [0, 0.05) is 23.6 Å². The fourth-order valence-corrected chi connectivity index (χ4v) is 3.56. The zero-order valence-corrected chi connectivity index (χ0v) is 16.3. The maximum Gasteiger partial charge on any atom is 0.337 e. The first-order valence-electron chi connectivity index (χ1n) is 9.40. The number of carbonyl (C=O) groups excluding carboxylic acids is 2. The molecule has 1 aliphatic heterocycles. The SMILES string of the molecule is COC(=O)c1ccc(Nc2ccc(C(=O)N3c4ccccc4CC3C)cn2)cc1. The second-order valence-electron chi connectivity index (χ2n) is 6.98. The van der Waals surface area contributed by atoms with Gasteiger partial charge in [0.2, 0.25) is 0 Å². The number of nitrogens with one attached hydrogen (secondary N) is 1. The quantitative estimate of drug-likeness (QED) is 0.679. The van der Waals surface area contributed by atoms with Crippen LogP contribution in [0.4, 0.5) is 17.2 Å². The third kappa shape index (κ3) is 3.69. The highest BCUT2D eigenvalue weighted by molar-refractivity contribution is 6.07. The van der Waals surface area contributed by atoms with Crippen molar-refractivity contribution >= 4 is 29.1 Å². The molecule has 29 heavy (non-hydrogen) atoms. The Kier molecular flexibility index (Phi) is 4.99. The molecule has 1 amide bonds. The second kappa shape index (κ2) is 7.75. The Morgan fingerprint density at radius 3 is 2.45 bits per heavy atom. The molecular weight excluding hydrogens is 366 g/mol. The number of ether oxygens (including phenoxy) is 1. The zero-order valence-electron chi connectivity index (χ0n) is 16.3. The molecule has 0 fully saturated rings. The molecule has 3 aromatic rings. The highest BCUT2D eigenvalue weighted by atomic mass is 16.5. The number of nitrogens with zero attached hydrogens (tertiary/aromatic N) is 2. The van der Waals surface area contributed by atoms with E-state index in [0.717, 1.165) is 17.8 Å². The topological polar surface area (TPSA) is 71.5 Å². The monoisotopic (exact) mass is 387 g/mol. The van der Waals surface area contributed by atoms with E-state index in [1.54, 1.807) is 42.6 Å². The van der Waals surface area contributed by atoms with Crippen molar-refractivity contribution in [1.29, 1.82) is 0 Å². The van der Waals surface area contributed by atoms with E-state index in [0.29, 0.717) is 16.9 Å². The summed E-state index contributed by atoms with van der Waals surface area (Å²) in [4.78, 5) is 30.8. The van der Waals surface area contributed by atoms with Gasteiger partial charge in [-0.2, -0.15) is 0 Å². The largest absolute Gasteiger partial charge is 0.465 e. The highest BCUT2D eigenvalue weighted by Gasteiger charge is 2.31. The summed E-state index contributed by atoms with van der Waals surface area (Å²) in [5.41, 5.74) is 3.96. The van der Waals surface area contributed by atoms with Gasteiger partial charge in [0.15, 0.2) is 0 Å². The van der Waals surface area contributed by atoms with E-state index >= 15 is 0 Å². The molecule has 1 unspecified atom stereocenters. The van der Waals surface area contributed by atoms with Gasteiger partial charge in [-0.25, -0.2) is 9.78 Å². The van der Waals surface area contributed by atoms with Crippen LogP contribution >= 0.6 is 0 Å². The zero-order chi connectivity index (χ0) is 20.4. The number of carbonyl (C=O) groups is 2. The summed E-state index contributed by atoms with van der Waals surface area (Å²) in [6.07, 6.45) is 2.44. The summed E-state index contributed by atoms with van der Waals surface area (Å²) >= 11 is 0. The van der Waals surface area contributed by atoms with Gasteiger partial charge < -0.3 is 15.0 Å². The molecule has 1 aromatic heterocycles. The van der Waals surface area contributed by atoms with Crippen molar-refractivity contribution in [2.45, 2.75) is 19.4 Å². The number of esters is 1. The van der Waals surface area contributed by atoms with E-state index in [-0.39, 0.29) is 17.9 Å². The van der Waals surface area contributed by atoms with Crippen molar-refractivity contribution in [3.05, 3.63) is 83.6 Å². The van der Waals surface area contributed by atoms with Gasteiger partial charge in [-0.3, -0.25) is 4.79 Å². The smallest absolute Gasteiger partial charge is 0.337 e. The average Bonchev–Trinajstić information content (AvgIpc) is 3.09. The molecular formula is C23H21N3O3. The van der Waals surface area contributed by atoms with Gasteiger partial charge >= 0.3 is 5.97 Å². The van der Waals surface area contributed by atoms with Crippen molar-refractivity contribution in [3.8, 4) is 0 Å². The third-order valence-corrected chi connectivity index (χ3v) is 5.01. The molecule has 2 aromatic carbocycles. The van der Waals surface area contributed by atoms with Gasteiger partial charge in [-0.1, -0.05) is 18.2 Å². The predicted molar refractivity (Wildman–Crippen MR) is 112 cm³/mol. The first kappa shape index (κ1) is 18.7. The second-order valence-corrected chi connectivity index (χ2v) is 6.98. The fraction of sp³-hybridized carbons (Fsp3) is 0.174. The first-order valence-corrected chi connectivity index (χ1v) is 9.40. The predicted octanol–water partition coefficient (Wildman–Crippen LogP) is 4.20. The van der Waals surface area contributed by atoms with Gasteiger partial charge in [0.25, 0.3) is 5.91 Å². The Labute approximate surface area is 169 Å². The molecule has 146 valence electrons. The summed E-state index contributed by atoms with van der Waals surface area (Å²) in [5.74, 6) is 0.182. The van der Waals surface area contributed by atoms with Crippen LogP contribution in [-0.2, 0) is 11.2 Å². The minimum atomic E-state index is -0.379. The molecule has 0 radical (unpaired) electrons. The van der Waals surface area contributed by atoms with Crippen molar-refractivity contribution in [2.24, 2.45) is 0 Å². The van der Waals surface area contributed by atoms with Crippen LogP contribution in [-0.4, -0.2) is 30.0 Å². The van der Waals surface area contributed by atoms with E-state index in [1.165, 1.54) is 12.7 Å². The lowest BCUT2D eigenvalue weighted by Gasteiger charge is -2.22. The molecule has 0 spiro atoms. The number of anilines is 3. The maximum atomic E-state index is 13.0. The van der Waals surface area contributed by atoms with Crippen LogP contribution in [0.3, 0.4) is 0 Å². The summed E-state index contributed by atoms with van der Waals surface area (Å²) < 4.78 is 4.69. The van der Waals surface area contributed by atoms with Crippen molar-refractivity contribution in [2.75, 3.05) is 17.3 Å². The van der Waals surface area contributed by atoms with Crippen molar-refractivity contribution < 1.29 is 14.3 Å². The molecule has 1 N–H and O–H groups in total. The lowest BCUT2D eigenvalue weighted by atomic mass is 10.1. The Morgan fingerprint density at radius 2 is 1.76 bits per heavy atom. The van der Waals surface area contributed by atoms with Crippen LogP contribution < -0.4 is 10.2 Å². The third-order valence-electron chi connectivity index (χ3n) is 5.01. The number of hydrogen-bond acceptors (Lipinski definition) is 5. The lowest BCUT2D eigenvalue weighted by Crippen LogP contribution is -2.35. The highest BCUT2D eigenvalue weighted by Crippen LogP contribution is 2.33. The Bertz CT molecular complexity index is 1050. The van der Waals surface area contributed by atoms with Crippen LogP contribution in [0.5, 0.6) is 0 Å². The number of amides is 1. The lowest BCUT2D eigenvalue weighted by molar-refractivity contribution is 0.0600. The number of methoxy groups -OCH3 is 1. The molecule has 6 nitrogen and oxygen atoms in total. The Morgan fingerprint density at radius 1 is 1.03 bits per heavy atom. The summed E-state index contributed by atoms with van der Waals surface area (Å²) in [6.45, 7) is 2.05. The first-order chi connectivity index (χ1) is 14.1. The van der Waals surface area contributed by atoms with E-state index < -0.39 is 0 Å². The van der Waals surface area contributed by atoms with E-state index in [4.69, 9.17) is 4.74 Å². The van der Waals surface area contributed by atoms with Crippen LogP contribution in [0.15, 0.2) is 66.9 Å². The van der Waals surface area contributed by atoms with E-state index in [2.05, 4.69) is 23.3 Å². The molecule has 4 rings (SSSR count). The van der Waals surface area contributed by atoms with Crippen molar-refractivity contribution in [3.63, 3.8) is 0 Å². The number of benzene rings is 2. The normalized spacial score (nSPS) is 15.0. The summed E-state index contributed by atoms with van der Waals surface area (Å²) in [6, 6.07) is 18.6. The molecule has 0 bridgehead atoms. The van der Waals surface area contributed by atoms with Crippen LogP contribution in [0, 0.1) is 0 Å². The Balaban J connectivity index is 1.48. The van der Waals surface area contributed by atoms with Gasteiger partial charge in [0.1, 0.15) is 5.82 Å². The minimum absolute atomic E-state index is 0.0519.